The molecule has 2 aromatic rings. The Balaban J connectivity index is 2.08. The maximum absolute atomic E-state index is 13.5. The molecule has 0 aromatic heterocycles. The summed E-state index contributed by atoms with van der Waals surface area (Å²) in [5.41, 5.74) is 1.68. The Morgan fingerprint density at radius 1 is 0.923 bits per heavy atom. The van der Waals surface area contributed by atoms with Gasteiger partial charge in [-0.15, -0.1) is 0 Å². The zero-order valence-electron chi connectivity index (χ0n) is 16.2. The Kier molecular flexibility index (Phi) is 6.26. The number of benzene rings is 2. The van der Waals surface area contributed by atoms with Gasteiger partial charge in [0.25, 0.3) is 0 Å². The summed E-state index contributed by atoms with van der Waals surface area (Å²) in [4.78, 5) is 16.1. The SMILES string of the molecule is CCC(=O)C(c1ccccc1)(c1ccccc1)C(C)CN1CCCCC1. The average Bonchev–Trinajstić information content (AvgIpc) is 2.71. The molecule has 0 spiro atoms. The number of Topliss-reactive ketones (excluding diaryl/α,β-unsaturated/α-hetero) is 1. The van der Waals surface area contributed by atoms with E-state index in [1.165, 1.54) is 19.3 Å². The van der Waals surface area contributed by atoms with Gasteiger partial charge >= 0.3 is 0 Å². The molecule has 1 fully saturated rings. The first-order valence-electron chi connectivity index (χ1n) is 10.1. The lowest BCUT2D eigenvalue weighted by molar-refractivity contribution is -0.124. The third-order valence-electron chi connectivity index (χ3n) is 5.94. The van der Waals surface area contributed by atoms with Crippen molar-refractivity contribution in [2.75, 3.05) is 19.6 Å². The fourth-order valence-electron chi connectivity index (χ4n) is 4.68. The first kappa shape index (κ1) is 18.8. The molecule has 2 heteroatoms. The molecule has 0 amide bonds. The molecule has 1 saturated heterocycles. The van der Waals surface area contributed by atoms with Crippen molar-refractivity contribution < 1.29 is 4.79 Å². The summed E-state index contributed by atoms with van der Waals surface area (Å²) < 4.78 is 0. The number of piperidine rings is 1. The molecule has 0 saturated carbocycles. The van der Waals surface area contributed by atoms with Crippen LogP contribution >= 0.6 is 0 Å². The average molecular weight is 350 g/mol. The number of hydrogen-bond acceptors (Lipinski definition) is 2. The Hall–Kier alpha value is -1.93. The Labute approximate surface area is 158 Å². The second-order valence-electron chi connectivity index (χ2n) is 7.58. The fourth-order valence-corrected chi connectivity index (χ4v) is 4.68. The number of rotatable bonds is 7. The number of ketones is 1. The van der Waals surface area contributed by atoms with Crippen LogP contribution in [0.4, 0.5) is 0 Å². The van der Waals surface area contributed by atoms with Crippen LogP contribution in [0.2, 0.25) is 0 Å². The van der Waals surface area contributed by atoms with Crippen molar-refractivity contribution in [2.24, 2.45) is 5.92 Å². The van der Waals surface area contributed by atoms with Crippen LogP contribution in [-0.4, -0.2) is 30.3 Å². The van der Waals surface area contributed by atoms with E-state index in [1.54, 1.807) is 0 Å². The predicted molar refractivity (Wildman–Crippen MR) is 108 cm³/mol. The van der Waals surface area contributed by atoms with Gasteiger partial charge in [-0.25, -0.2) is 0 Å². The van der Waals surface area contributed by atoms with Crippen molar-refractivity contribution in [3.05, 3.63) is 71.8 Å². The summed E-state index contributed by atoms with van der Waals surface area (Å²) in [6.45, 7) is 7.54. The molecule has 0 N–H and O–H groups in total. The summed E-state index contributed by atoms with van der Waals surface area (Å²) in [7, 11) is 0. The van der Waals surface area contributed by atoms with E-state index in [0.717, 1.165) is 30.8 Å². The molecule has 0 bridgehead atoms. The molecule has 1 unspecified atom stereocenters. The van der Waals surface area contributed by atoms with Crippen molar-refractivity contribution in [2.45, 2.75) is 44.9 Å². The quantitative estimate of drug-likeness (QED) is 0.695. The Morgan fingerprint density at radius 2 is 1.42 bits per heavy atom. The van der Waals surface area contributed by atoms with E-state index < -0.39 is 5.41 Å². The topological polar surface area (TPSA) is 20.3 Å². The third kappa shape index (κ3) is 3.61. The normalized spacial score (nSPS) is 17.0. The molecule has 1 aliphatic rings. The standard InChI is InChI=1S/C24H31NO/c1-3-23(26)24(21-13-7-4-8-14-21,22-15-9-5-10-16-22)20(2)19-25-17-11-6-12-18-25/h4-5,7-10,13-16,20H,3,6,11-12,17-19H2,1-2H3. The van der Waals surface area contributed by atoms with Crippen LogP contribution in [0.5, 0.6) is 0 Å². The zero-order chi connectivity index (χ0) is 18.4. The molecule has 0 radical (unpaired) electrons. The summed E-state index contributed by atoms with van der Waals surface area (Å²) in [5, 5.41) is 0. The molecule has 26 heavy (non-hydrogen) atoms. The van der Waals surface area contributed by atoms with Crippen LogP contribution in [0.1, 0.15) is 50.7 Å². The van der Waals surface area contributed by atoms with E-state index in [4.69, 9.17) is 0 Å². The van der Waals surface area contributed by atoms with Crippen LogP contribution in [0.3, 0.4) is 0 Å². The second-order valence-corrected chi connectivity index (χ2v) is 7.58. The zero-order valence-corrected chi connectivity index (χ0v) is 16.2. The molecular weight excluding hydrogens is 318 g/mol. The number of carbonyl (C=O) groups excluding carboxylic acids is 1. The van der Waals surface area contributed by atoms with Crippen molar-refractivity contribution in [3.63, 3.8) is 0 Å². The van der Waals surface area contributed by atoms with E-state index in [0.29, 0.717) is 12.2 Å². The number of carbonyl (C=O) groups is 1. The summed E-state index contributed by atoms with van der Waals surface area (Å²) in [6, 6.07) is 20.8. The van der Waals surface area contributed by atoms with E-state index >= 15 is 0 Å². The molecule has 1 aliphatic heterocycles. The van der Waals surface area contributed by atoms with Crippen LogP contribution in [-0.2, 0) is 10.2 Å². The number of nitrogens with zero attached hydrogens (tertiary/aromatic N) is 1. The first-order valence-corrected chi connectivity index (χ1v) is 10.1. The van der Waals surface area contributed by atoms with Gasteiger partial charge in [-0.05, 0) is 43.0 Å². The highest BCUT2D eigenvalue weighted by molar-refractivity contribution is 5.94. The Bertz CT molecular complexity index is 649. The minimum atomic E-state index is -0.575. The monoisotopic (exact) mass is 349 g/mol. The van der Waals surface area contributed by atoms with Gasteiger partial charge in [0.15, 0.2) is 0 Å². The molecular formula is C24H31NO. The van der Waals surface area contributed by atoms with Crippen molar-refractivity contribution in [1.82, 2.24) is 4.90 Å². The van der Waals surface area contributed by atoms with Gasteiger partial charge in [0.2, 0.25) is 0 Å². The number of likely N-dealkylation sites (tertiary alicyclic amines) is 1. The molecule has 3 rings (SSSR count). The largest absolute Gasteiger partial charge is 0.303 e. The van der Waals surface area contributed by atoms with Crippen LogP contribution < -0.4 is 0 Å². The minimum absolute atomic E-state index is 0.220. The molecule has 1 heterocycles. The number of hydrogen-bond donors (Lipinski definition) is 0. The predicted octanol–water partition coefficient (Wildman–Crippen LogP) is 5.07. The van der Waals surface area contributed by atoms with Crippen molar-refractivity contribution >= 4 is 5.78 Å². The molecule has 0 aliphatic carbocycles. The lowest BCUT2D eigenvalue weighted by atomic mass is 9.63. The van der Waals surface area contributed by atoms with E-state index in [-0.39, 0.29) is 5.92 Å². The maximum atomic E-state index is 13.5. The first-order chi connectivity index (χ1) is 12.7. The lowest BCUT2D eigenvalue weighted by Crippen LogP contribution is -2.48. The van der Waals surface area contributed by atoms with E-state index in [2.05, 4.69) is 60.4 Å². The summed E-state index contributed by atoms with van der Waals surface area (Å²) >= 11 is 0. The Morgan fingerprint density at radius 3 is 1.88 bits per heavy atom. The van der Waals surface area contributed by atoms with Crippen LogP contribution in [0, 0.1) is 5.92 Å². The second kappa shape index (κ2) is 8.64. The fraction of sp³-hybridized carbons (Fsp3) is 0.458. The van der Waals surface area contributed by atoms with Gasteiger partial charge in [-0.3, -0.25) is 4.79 Å². The molecule has 138 valence electrons. The highest BCUT2D eigenvalue weighted by Crippen LogP contribution is 2.41. The molecule has 1 atom stereocenters. The van der Waals surface area contributed by atoms with E-state index in [9.17, 15) is 4.79 Å². The van der Waals surface area contributed by atoms with Gasteiger partial charge in [0.1, 0.15) is 5.78 Å². The third-order valence-corrected chi connectivity index (χ3v) is 5.94. The van der Waals surface area contributed by atoms with Crippen LogP contribution in [0.15, 0.2) is 60.7 Å². The lowest BCUT2D eigenvalue weighted by Gasteiger charge is -2.42. The van der Waals surface area contributed by atoms with Crippen molar-refractivity contribution in [1.29, 1.82) is 0 Å². The van der Waals surface area contributed by atoms with E-state index in [1.807, 2.05) is 19.1 Å². The smallest absolute Gasteiger partial charge is 0.147 e. The highest BCUT2D eigenvalue weighted by atomic mass is 16.1. The highest BCUT2D eigenvalue weighted by Gasteiger charge is 2.45. The van der Waals surface area contributed by atoms with Crippen LogP contribution in [0.25, 0.3) is 0 Å². The summed E-state index contributed by atoms with van der Waals surface area (Å²) in [6.07, 6.45) is 4.44. The molecule has 2 aromatic carbocycles. The van der Waals surface area contributed by atoms with Gasteiger partial charge < -0.3 is 4.90 Å². The minimum Gasteiger partial charge on any atom is -0.303 e. The molecule has 2 nitrogen and oxygen atoms in total. The van der Waals surface area contributed by atoms with Crippen molar-refractivity contribution in [3.8, 4) is 0 Å². The van der Waals surface area contributed by atoms with Gasteiger partial charge in [-0.1, -0.05) is 80.9 Å². The van der Waals surface area contributed by atoms with Gasteiger partial charge in [0, 0.05) is 13.0 Å². The maximum Gasteiger partial charge on any atom is 0.147 e. The van der Waals surface area contributed by atoms with Gasteiger partial charge in [0.05, 0.1) is 5.41 Å². The van der Waals surface area contributed by atoms with Gasteiger partial charge in [-0.2, -0.15) is 0 Å². The summed E-state index contributed by atoms with van der Waals surface area (Å²) in [5.74, 6) is 0.539.